The van der Waals surface area contributed by atoms with Crippen LogP contribution in [0.2, 0.25) is 5.02 Å². The van der Waals surface area contributed by atoms with E-state index in [1.807, 2.05) is 0 Å². The predicted octanol–water partition coefficient (Wildman–Crippen LogP) is 4.45. The van der Waals surface area contributed by atoms with Gasteiger partial charge in [0.2, 0.25) is 5.52 Å². The van der Waals surface area contributed by atoms with Gasteiger partial charge in [0.1, 0.15) is 5.69 Å². The summed E-state index contributed by atoms with van der Waals surface area (Å²) in [5.74, 6) is 0. The number of azo groups is 1. The normalized spacial score (nSPS) is 11.2. The average Bonchev–Trinajstić information content (AvgIpc) is 3.14. The minimum atomic E-state index is -0.921. The van der Waals surface area contributed by atoms with E-state index in [9.17, 15) is 35.6 Å². The van der Waals surface area contributed by atoms with Crippen molar-refractivity contribution in [3.05, 3.63) is 95.2 Å². The summed E-state index contributed by atoms with van der Waals surface area (Å²) in [5, 5.41) is 58.8. The quantitative estimate of drug-likeness (QED) is 0.125. The third-order valence-corrected chi connectivity index (χ3v) is 4.77. The standard InChI is InChI=1S/C18H9ClN8O7/c19-10-1-3-11(4-2-10)20-21-14-6-5-12(7-15(14)26(31)32)23-22-18-16(24(23)28)8-13(25(29)30)9-17(18)27(33)34/h1-9H. The van der Waals surface area contributed by atoms with E-state index in [2.05, 4.69) is 15.3 Å². The molecule has 0 aliphatic rings. The van der Waals surface area contributed by atoms with Gasteiger partial charge in [-0.15, -0.1) is 9.96 Å². The summed E-state index contributed by atoms with van der Waals surface area (Å²) in [6, 6.07) is 11.1. The highest BCUT2D eigenvalue weighted by atomic mass is 35.5. The smallest absolute Gasteiger partial charge is 0.334 e. The molecule has 170 valence electrons. The highest BCUT2D eigenvalue weighted by Gasteiger charge is 2.31. The lowest BCUT2D eigenvalue weighted by molar-refractivity contribution is -0.664. The first-order valence-corrected chi connectivity index (χ1v) is 9.45. The molecule has 0 unspecified atom stereocenters. The van der Waals surface area contributed by atoms with Crippen molar-refractivity contribution < 1.29 is 19.6 Å². The van der Waals surface area contributed by atoms with Gasteiger partial charge < -0.3 is 5.21 Å². The average molecular weight is 485 g/mol. The van der Waals surface area contributed by atoms with Gasteiger partial charge in [-0.1, -0.05) is 11.6 Å². The molecule has 0 saturated carbocycles. The van der Waals surface area contributed by atoms with Gasteiger partial charge in [0, 0.05) is 11.1 Å². The molecule has 0 radical (unpaired) electrons. The van der Waals surface area contributed by atoms with Gasteiger partial charge in [-0.2, -0.15) is 5.11 Å². The summed E-state index contributed by atoms with van der Waals surface area (Å²) in [7, 11) is 0. The molecule has 16 heteroatoms. The Morgan fingerprint density at radius 2 is 1.53 bits per heavy atom. The van der Waals surface area contributed by atoms with E-state index >= 15 is 0 Å². The van der Waals surface area contributed by atoms with Crippen LogP contribution in [0.4, 0.5) is 28.4 Å². The van der Waals surface area contributed by atoms with Gasteiger partial charge in [-0.05, 0) is 41.2 Å². The number of nitro benzene ring substituents is 3. The van der Waals surface area contributed by atoms with Crippen LogP contribution in [0.1, 0.15) is 0 Å². The van der Waals surface area contributed by atoms with E-state index in [4.69, 9.17) is 11.6 Å². The van der Waals surface area contributed by atoms with Crippen LogP contribution in [0.15, 0.2) is 64.8 Å². The van der Waals surface area contributed by atoms with Crippen molar-refractivity contribution in [1.82, 2.24) is 9.90 Å². The fourth-order valence-corrected chi connectivity index (χ4v) is 3.09. The molecule has 0 aliphatic carbocycles. The van der Waals surface area contributed by atoms with E-state index < -0.39 is 42.9 Å². The molecular weight excluding hydrogens is 476 g/mol. The molecule has 0 N–H and O–H groups in total. The lowest BCUT2D eigenvalue weighted by Gasteiger charge is -2.04. The van der Waals surface area contributed by atoms with E-state index in [1.54, 1.807) is 24.3 Å². The first-order valence-electron chi connectivity index (χ1n) is 9.07. The van der Waals surface area contributed by atoms with Gasteiger partial charge in [0.15, 0.2) is 5.69 Å². The van der Waals surface area contributed by atoms with Crippen LogP contribution in [0.25, 0.3) is 16.7 Å². The Morgan fingerprint density at radius 1 is 0.853 bits per heavy atom. The van der Waals surface area contributed by atoms with Gasteiger partial charge >= 0.3 is 11.2 Å². The van der Waals surface area contributed by atoms with Crippen LogP contribution in [0.3, 0.4) is 0 Å². The molecule has 15 nitrogen and oxygen atoms in total. The van der Waals surface area contributed by atoms with Crippen LogP contribution < -0.4 is 4.85 Å². The van der Waals surface area contributed by atoms with Crippen molar-refractivity contribution in [1.29, 1.82) is 0 Å². The molecule has 3 aromatic carbocycles. The Hall–Kier alpha value is -5.05. The molecule has 4 rings (SSSR count). The highest BCUT2D eigenvalue weighted by molar-refractivity contribution is 6.30. The molecule has 0 amide bonds. The molecule has 0 atom stereocenters. The summed E-state index contributed by atoms with van der Waals surface area (Å²) in [6.07, 6.45) is 0. The summed E-state index contributed by atoms with van der Waals surface area (Å²) in [5.41, 5.74) is -2.78. The number of fused-ring (bicyclic) bond motifs is 1. The van der Waals surface area contributed by atoms with Gasteiger partial charge in [0.25, 0.3) is 11.4 Å². The number of aromatic nitrogens is 3. The second kappa shape index (κ2) is 8.47. The number of benzene rings is 3. The SMILES string of the molecule is O=[N+]([O-])c1cc([N+](=O)[O-])c2nn(-c3ccc(N=Nc4ccc(Cl)cc4)c([N+](=O)[O-])c3)[n+]([O-])c2c1. The topological polar surface area (TPSA) is 199 Å². The molecule has 0 saturated heterocycles. The van der Waals surface area contributed by atoms with Crippen LogP contribution in [0, 0.1) is 35.6 Å². The molecule has 34 heavy (non-hydrogen) atoms. The van der Waals surface area contributed by atoms with Gasteiger partial charge in [0.05, 0.1) is 37.7 Å². The van der Waals surface area contributed by atoms with E-state index in [1.165, 1.54) is 12.1 Å². The maximum absolute atomic E-state index is 12.7. The third-order valence-electron chi connectivity index (χ3n) is 4.52. The highest BCUT2D eigenvalue weighted by Crippen LogP contribution is 2.32. The number of hydrogen-bond acceptors (Lipinski definition) is 10. The summed E-state index contributed by atoms with van der Waals surface area (Å²) < 4.78 is 0. The van der Waals surface area contributed by atoms with Crippen LogP contribution in [0.5, 0.6) is 0 Å². The van der Waals surface area contributed by atoms with Crippen molar-refractivity contribution in [2.75, 3.05) is 0 Å². The maximum atomic E-state index is 12.7. The van der Waals surface area contributed by atoms with Crippen molar-refractivity contribution in [3.63, 3.8) is 0 Å². The minimum absolute atomic E-state index is 0.0588. The van der Waals surface area contributed by atoms with Crippen molar-refractivity contribution in [2.24, 2.45) is 10.2 Å². The summed E-state index contributed by atoms with van der Waals surface area (Å²) >= 11 is 5.80. The zero-order valence-electron chi connectivity index (χ0n) is 16.5. The third kappa shape index (κ3) is 4.05. The Labute approximate surface area is 192 Å². The molecule has 0 aliphatic heterocycles. The number of nitrogens with zero attached hydrogens (tertiary/aromatic N) is 8. The van der Waals surface area contributed by atoms with Gasteiger partial charge in [-0.25, -0.2) is 0 Å². The Kier molecular flexibility index (Phi) is 5.52. The molecule has 0 bridgehead atoms. The maximum Gasteiger partial charge on any atom is 0.334 e. The Balaban J connectivity index is 1.83. The fourth-order valence-electron chi connectivity index (χ4n) is 2.97. The number of rotatable bonds is 6. The van der Waals surface area contributed by atoms with E-state index in [0.717, 1.165) is 12.1 Å². The molecule has 0 spiro atoms. The fraction of sp³-hybridized carbons (Fsp3) is 0. The second-order valence-corrected chi connectivity index (χ2v) is 7.05. The lowest BCUT2D eigenvalue weighted by atomic mass is 10.2. The monoisotopic (exact) mass is 484 g/mol. The zero-order valence-corrected chi connectivity index (χ0v) is 17.3. The zero-order chi connectivity index (χ0) is 24.6. The first kappa shape index (κ1) is 22.2. The first-order chi connectivity index (χ1) is 16.2. The van der Waals surface area contributed by atoms with Crippen LogP contribution >= 0.6 is 11.6 Å². The lowest BCUT2D eigenvalue weighted by Crippen LogP contribution is -2.37. The molecular formula is C18H9ClN8O7. The van der Waals surface area contributed by atoms with Crippen LogP contribution in [-0.2, 0) is 0 Å². The predicted molar refractivity (Wildman–Crippen MR) is 116 cm³/mol. The largest absolute Gasteiger partial charge is 0.692 e. The molecule has 0 fully saturated rings. The molecule has 1 heterocycles. The van der Waals surface area contributed by atoms with E-state index in [-0.39, 0.29) is 16.2 Å². The molecule has 4 aromatic rings. The summed E-state index contributed by atoms with van der Waals surface area (Å²) in [6.45, 7) is 0. The second-order valence-electron chi connectivity index (χ2n) is 6.62. The Bertz CT molecular complexity index is 1520. The number of halogens is 1. The minimum Gasteiger partial charge on any atom is -0.692 e. The van der Waals surface area contributed by atoms with Crippen molar-refractivity contribution in [2.45, 2.75) is 0 Å². The number of hydrogen-bond donors (Lipinski definition) is 0. The van der Waals surface area contributed by atoms with Crippen LogP contribution in [-0.4, -0.2) is 24.7 Å². The van der Waals surface area contributed by atoms with Crippen molar-refractivity contribution in [3.8, 4) is 5.69 Å². The van der Waals surface area contributed by atoms with Gasteiger partial charge in [-0.3, -0.25) is 30.3 Å². The number of nitro groups is 3. The van der Waals surface area contributed by atoms with Crippen molar-refractivity contribution >= 4 is 51.1 Å². The Morgan fingerprint density at radius 3 is 2.15 bits per heavy atom. The number of non-ortho nitro benzene ring substituents is 2. The summed E-state index contributed by atoms with van der Waals surface area (Å²) in [4.78, 5) is 32.1. The molecule has 1 aromatic heterocycles. The van der Waals surface area contributed by atoms with E-state index in [0.29, 0.717) is 21.6 Å².